The summed E-state index contributed by atoms with van der Waals surface area (Å²) < 4.78 is 0. The van der Waals surface area contributed by atoms with E-state index in [2.05, 4.69) is 32.1 Å². The van der Waals surface area contributed by atoms with Crippen LogP contribution in [0.15, 0.2) is 36.8 Å². The predicted molar refractivity (Wildman–Crippen MR) is 116 cm³/mol. The standard InChI is InChI=1S/C22H32N6O/c1-3-23-20-16-21(26-17-25-20)28-14-9-18(10-15-28)7-8-22(29)27(2)13-11-19-6-4-5-12-24-19/h4-6,12,16-18H,3,7-11,13-15H2,1-2H3,(H,23,25,26). The zero-order valence-electron chi connectivity index (χ0n) is 17.5. The number of hydrogen-bond donors (Lipinski definition) is 1. The van der Waals surface area contributed by atoms with Crippen molar-refractivity contribution >= 4 is 17.5 Å². The molecular formula is C22H32N6O. The number of aromatic nitrogens is 3. The minimum absolute atomic E-state index is 0.231. The second-order valence-corrected chi connectivity index (χ2v) is 7.65. The SMILES string of the molecule is CCNc1cc(N2CCC(CCC(=O)N(C)CCc3ccccn3)CC2)ncn1. The van der Waals surface area contributed by atoms with Crippen LogP contribution in [-0.2, 0) is 11.2 Å². The van der Waals surface area contributed by atoms with Gasteiger partial charge >= 0.3 is 0 Å². The van der Waals surface area contributed by atoms with Gasteiger partial charge in [0.25, 0.3) is 0 Å². The number of amides is 1. The highest BCUT2D eigenvalue weighted by Crippen LogP contribution is 2.26. The molecule has 0 bridgehead atoms. The molecule has 0 atom stereocenters. The summed E-state index contributed by atoms with van der Waals surface area (Å²) >= 11 is 0. The van der Waals surface area contributed by atoms with E-state index in [1.165, 1.54) is 0 Å². The molecular weight excluding hydrogens is 364 g/mol. The van der Waals surface area contributed by atoms with Gasteiger partial charge in [0, 0.05) is 64.0 Å². The third kappa shape index (κ3) is 6.41. The van der Waals surface area contributed by atoms with Crippen LogP contribution in [-0.4, -0.2) is 59.0 Å². The van der Waals surface area contributed by atoms with Crippen LogP contribution in [0.4, 0.5) is 11.6 Å². The zero-order chi connectivity index (χ0) is 20.5. The van der Waals surface area contributed by atoms with Gasteiger partial charge in [-0.3, -0.25) is 9.78 Å². The lowest BCUT2D eigenvalue weighted by atomic mass is 9.92. The summed E-state index contributed by atoms with van der Waals surface area (Å²) in [6, 6.07) is 7.92. The van der Waals surface area contributed by atoms with E-state index in [9.17, 15) is 4.79 Å². The van der Waals surface area contributed by atoms with E-state index < -0.39 is 0 Å². The number of hydrogen-bond acceptors (Lipinski definition) is 6. The molecule has 3 heterocycles. The van der Waals surface area contributed by atoms with Crippen molar-refractivity contribution in [1.29, 1.82) is 0 Å². The second kappa shape index (κ2) is 10.7. The third-order valence-corrected chi connectivity index (χ3v) is 5.57. The summed E-state index contributed by atoms with van der Waals surface area (Å²) in [5.74, 6) is 2.70. The van der Waals surface area contributed by atoms with E-state index in [4.69, 9.17) is 0 Å². The largest absolute Gasteiger partial charge is 0.370 e. The predicted octanol–water partition coefficient (Wildman–Crippen LogP) is 3.00. The number of likely N-dealkylation sites (N-methyl/N-ethyl adjacent to an activating group) is 1. The number of pyridine rings is 1. The number of carbonyl (C=O) groups is 1. The molecule has 2 aromatic rings. The maximum absolute atomic E-state index is 12.5. The highest BCUT2D eigenvalue weighted by Gasteiger charge is 2.22. The molecule has 156 valence electrons. The summed E-state index contributed by atoms with van der Waals surface area (Å²) in [6.45, 7) is 5.59. The molecule has 1 saturated heterocycles. The first-order valence-electron chi connectivity index (χ1n) is 10.6. The van der Waals surface area contributed by atoms with E-state index in [1.54, 1.807) is 12.5 Å². The van der Waals surface area contributed by atoms with Crippen molar-refractivity contribution in [3.63, 3.8) is 0 Å². The summed E-state index contributed by atoms with van der Waals surface area (Å²) in [7, 11) is 1.89. The topological polar surface area (TPSA) is 74.2 Å². The Kier molecular flexibility index (Phi) is 7.78. The molecule has 1 N–H and O–H groups in total. The van der Waals surface area contributed by atoms with Gasteiger partial charge in [-0.15, -0.1) is 0 Å². The van der Waals surface area contributed by atoms with E-state index >= 15 is 0 Å². The molecule has 3 rings (SSSR count). The van der Waals surface area contributed by atoms with Crippen LogP contribution in [0.3, 0.4) is 0 Å². The van der Waals surface area contributed by atoms with E-state index in [1.807, 2.05) is 36.2 Å². The number of nitrogens with one attached hydrogen (secondary N) is 1. The lowest BCUT2D eigenvalue weighted by Gasteiger charge is -2.33. The summed E-state index contributed by atoms with van der Waals surface area (Å²) in [5.41, 5.74) is 1.03. The van der Waals surface area contributed by atoms with Gasteiger partial charge in [-0.25, -0.2) is 9.97 Å². The fourth-order valence-electron chi connectivity index (χ4n) is 3.72. The molecule has 7 nitrogen and oxygen atoms in total. The molecule has 0 aliphatic carbocycles. The molecule has 1 fully saturated rings. The van der Waals surface area contributed by atoms with Crippen molar-refractivity contribution in [2.45, 2.75) is 39.0 Å². The van der Waals surface area contributed by atoms with Crippen LogP contribution in [0.1, 0.15) is 38.3 Å². The van der Waals surface area contributed by atoms with Gasteiger partial charge in [0.2, 0.25) is 5.91 Å². The molecule has 1 aliphatic heterocycles. The number of rotatable bonds is 9. The molecule has 7 heteroatoms. The Labute approximate surface area is 173 Å². The Bertz CT molecular complexity index is 761. The van der Waals surface area contributed by atoms with E-state index in [-0.39, 0.29) is 5.91 Å². The monoisotopic (exact) mass is 396 g/mol. The van der Waals surface area contributed by atoms with Gasteiger partial charge in [-0.05, 0) is 44.2 Å². The van der Waals surface area contributed by atoms with Crippen LogP contribution in [0.5, 0.6) is 0 Å². The average molecular weight is 397 g/mol. The fourth-order valence-corrected chi connectivity index (χ4v) is 3.72. The quantitative estimate of drug-likeness (QED) is 0.702. The van der Waals surface area contributed by atoms with Gasteiger partial charge < -0.3 is 15.1 Å². The maximum Gasteiger partial charge on any atom is 0.222 e. The maximum atomic E-state index is 12.5. The Morgan fingerprint density at radius 3 is 2.79 bits per heavy atom. The average Bonchev–Trinajstić information content (AvgIpc) is 2.77. The Hall–Kier alpha value is -2.70. The van der Waals surface area contributed by atoms with Crippen LogP contribution in [0.2, 0.25) is 0 Å². The highest BCUT2D eigenvalue weighted by molar-refractivity contribution is 5.75. The molecule has 0 saturated carbocycles. The minimum atomic E-state index is 0.231. The van der Waals surface area contributed by atoms with E-state index in [0.717, 1.165) is 69.2 Å². The van der Waals surface area contributed by atoms with E-state index in [0.29, 0.717) is 12.3 Å². The molecule has 2 aromatic heterocycles. The second-order valence-electron chi connectivity index (χ2n) is 7.65. The van der Waals surface area contributed by atoms with Gasteiger partial charge in [0.05, 0.1) is 0 Å². The fraction of sp³-hybridized carbons (Fsp3) is 0.545. The van der Waals surface area contributed by atoms with Crippen molar-refractivity contribution in [2.75, 3.05) is 43.4 Å². The third-order valence-electron chi connectivity index (χ3n) is 5.57. The van der Waals surface area contributed by atoms with Crippen molar-refractivity contribution in [3.05, 3.63) is 42.5 Å². The lowest BCUT2D eigenvalue weighted by molar-refractivity contribution is -0.130. The summed E-state index contributed by atoms with van der Waals surface area (Å²) in [6.07, 6.45) is 8.02. The Morgan fingerprint density at radius 1 is 1.24 bits per heavy atom. The van der Waals surface area contributed by atoms with Crippen LogP contribution in [0, 0.1) is 5.92 Å². The smallest absolute Gasteiger partial charge is 0.222 e. The number of carbonyl (C=O) groups excluding carboxylic acids is 1. The molecule has 29 heavy (non-hydrogen) atoms. The van der Waals surface area contributed by atoms with Gasteiger partial charge in [0.15, 0.2) is 0 Å². The van der Waals surface area contributed by atoms with Crippen LogP contribution >= 0.6 is 0 Å². The van der Waals surface area contributed by atoms with Gasteiger partial charge in [-0.2, -0.15) is 0 Å². The molecule has 0 unspecified atom stereocenters. The van der Waals surface area contributed by atoms with Gasteiger partial charge in [-0.1, -0.05) is 6.07 Å². The molecule has 0 spiro atoms. The van der Waals surface area contributed by atoms with Crippen molar-refractivity contribution in [3.8, 4) is 0 Å². The molecule has 1 aliphatic rings. The Morgan fingerprint density at radius 2 is 2.07 bits per heavy atom. The van der Waals surface area contributed by atoms with Crippen molar-refractivity contribution in [1.82, 2.24) is 19.9 Å². The van der Waals surface area contributed by atoms with Gasteiger partial charge in [0.1, 0.15) is 18.0 Å². The first kappa shape index (κ1) is 21.0. The zero-order valence-corrected chi connectivity index (χ0v) is 17.5. The normalized spacial score (nSPS) is 14.6. The Balaban J connectivity index is 1.38. The minimum Gasteiger partial charge on any atom is -0.370 e. The van der Waals surface area contributed by atoms with Crippen molar-refractivity contribution < 1.29 is 4.79 Å². The number of piperidine rings is 1. The summed E-state index contributed by atoms with van der Waals surface area (Å²) in [4.78, 5) is 29.6. The molecule has 1 amide bonds. The lowest BCUT2D eigenvalue weighted by Crippen LogP contribution is -2.35. The first-order chi connectivity index (χ1) is 14.2. The number of nitrogens with zero attached hydrogens (tertiary/aromatic N) is 5. The summed E-state index contributed by atoms with van der Waals surface area (Å²) in [5, 5.41) is 3.24. The highest BCUT2D eigenvalue weighted by atomic mass is 16.2. The molecule has 0 aromatic carbocycles. The first-order valence-corrected chi connectivity index (χ1v) is 10.6. The van der Waals surface area contributed by atoms with Crippen LogP contribution in [0.25, 0.3) is 0 Å². The number of anilines is 2. The van der Waals surface area contributed by atoms with Crippen molar-refractivity contribution in [2.24, 2.45) is 5.92 Å². The molecule has 0 radical (unpaired) electrons. The van der Waals surface area contributed by atoms with Crippen LogP contribution < -0.4 is 10.2 Å².